The van der Waals surface area contributed by atoms with Crippen molar-refractivity contribution in [2.75, 3.05) is 12.0 Å². The van der Waals surface area contributed by atoms with Gasteiger partial charge in [0.15, 0.2) is 0 Å². The molecule has 0 heterocycles. The molecule has 0 fully saturated rings. The van der Waals surface area contributed by atoms with E-state index in [1.165, 1.54) is 6.07 Å². The minimum absolute atomic E-state index is 0.186. The van der Waals surface area contributed by atoms with E-state index in [0.717, 1.165) is 0 Å². The van der Waals surface area contributed by atoms with Crippen LogP contribution in [0.1, 0.15) is 13.3 Å². The molecule has 8 heteroatoms. The third-order valence-corrected chi connectivity index (χ3v) is 6.26. The average Bonchev–Trinajstić information content (AvgIpc) is 2.29. The van der Waals surface area contributed by atoms with E-state index < -0.39 is 20.8 Å². The molecule has 2 unspecified atom stereocenters. The second-order valence-electron chi connectivity index (χ2n) is 4.16. The lowest BCUT2D eigenvalue weighted by Crippen LogP contribution is -2.33. The number of rotatable bonds is 6. The summed E-state index contributed by atoms with van der Waals surface area (Å²) in [6.07, 6.45) is 2.14. The van der Waals surface area contributed by atoms with Crippen molar-refractivity contribution in [2.45, 2.75) is 24.3 Å². The maximum Gasteiger partial charge on any atom is 0.241 e. The highest BCUT2D eigenvalue weighted by atomic mass is 79.9. The van der Waals surface area contributed by atoms with Gasteiger partial charge in [-0.2, -0.15) is 0 Å². The van der Waals surface area contributed by atoms with Crippen molar-refractivity contribution >= 4 is 52.7 Å². The highest BCUT2D eigenvalue weighted by Crippen LogP contribution is 2.25. The monoisotopic (exact) mass is 431 g/mol. The lowest BCUT2D eigenvalue weighted by molar-refractivity contribution is 0.555. The van der Waals surface area contributed by atoms with Crippen LogP contribution in [-0.2, 0) is 20.8 Å². The fourth-order valence-corrected chi connectivity index (χ4v) is 4.88. The zero-order valence-corrected chi connectivity index (χ0v) is 15.3. The lowest BCUT2D eigenvalue weighted by Gasteiger charge is -2.14. The first-order valence-electron chi connectivity index (χ1n) is 5.50. The minimum Gasteiger partial charge on any atom is -0.260 e. The van der Waals surface area contributed by atoms with E-state index in [9.17, 15) is 12.6 Å². The Balaban J connectivity index is 2.86. The molecule has 19 heavy (non-hydrogen) atoms. The van der Waals surface area contributed by atoms with E-state index >= 15 is 0 Å². The third kappa shape index (κ3) is 5.63. The molecule has 0 aromatic heterocycles. The second kappa shape index (κ2) is 7.31. The Morgan fingerprint density at radius 1 is 1.37 bits per heavy atom. The molecule has 0 aliphatic heterocycles. The number of nitrogens with one attached hydrogen (secondary N) is 1. The van der Waals surface area contributed by atoms with E-state index in [2.05, 4.69) is 36.6 Å². The highest BCUT2D eigenvalue weighted by Gasteiger charge is 2.20. The maximum atomic E-state index is 12.2. The number of halogens is 2. The molecule has 0 amide bonds. The van der Waals surface area contributed by atoms with Gasteiger partial charge in [-0.05, 0) is 47.5 Å². The Labute approximate surface area is 133 Å². The zero-order valence-electron chi connectivity index (χ0n) is 10.5. The third-order valence-electron chi connectivity index (χ3n) is 2.38. The minimum atomic E-state index is -3.59. The van der Waals surface area contributed by atoms with E-state index in [-0.39, 0.29) is 10.9 Å². The highest BCUT2D eigenvalue weighted by molar-refractivity contribution is 9.11. The summed E-state index contributed by atoms with van der Waals surface area (Å²) >= 11 is 6.48. The molecule has 0 bridgehead atoms. The first-order valence-corrected chi connectivity index (χ1v) is 10.3. The van der Waals surface area contributed by atoms with E-state index in [1.807, 2.05) is 0 Å². The predicted molar refractivity (Wildman–Crippen MR) is 85.2 cm³/mol. The molecule has 0 spiro atoms. The van der Waals surface area contributed by atoms with Gasteiger partial charge in [-0.15, -0.1) is 0 Å². The number of sulfonamides is 1. The lowest BCUT2D eigenvalue weighted by atomic mass is 10.3. The summed E-state index contributed by atoms with van der Waals surface area (Å²) in [5.41, 5.74) is 0. The molecule has 0 saturated heterocycles. The molecular formula is C11H15Br2NO3S2. The number of hydrogen-bond acceptors (Lipinski definition) is 3. The van der Waals surface area contributed by atoms with Crippen LogP contribution in [0.2, 0.25) is 0 Å². The molecular weight excluding hydrogens is 418 g/mol. The molecule has 0 aliphatic carbocycles. The fourth-order valence-electron chi connectivity index (χ4n) is 1.41. The molecule has 1 N–H and O–H groups in total. The van der Waals surface area contributed by atoms with Crippen LogP contribution < -0.4 is 4.72 Å². The van der Waals surface area contributed by atoms with Gasteiger partial charge in [-0.25, -0.2) is 13.1 Å². The van der Waals surface area contributed by atoms with Crippen molar-refractivity contribution in [1.82, 2.24) is 4.72 Å². The van der Waals surface area contributed by atoms with Crippen molar-refractivity contribution in [3.8, 4) is 0 Å². The Morgan fingerprint density at radius 2 is 2.00 bits per heavy atom. The van der Waals surface area contributed by atoms with Crippen molar-refractivity contribution in [2.24, 2.45) is 0 Å². The maximum absolute atomic E-state index is 12.2. The van der Waals surface area contributed by atoms with Crippen LogP contribution >= 0.6 is 31.9 Å². The zero-order chi connectivity index (χ0) is 14.6. The standard InChI is InChI=1S/C11H15Br2NO3S2/c1-8(5-6-18(2)15)14-19(16,17)11-7-9(12)3-4-10(11)13/h3-4,7-8,14H,5-6H2,1-2H3. The molecule has 0 saturated carbocycles. The van der Waals surface area contributed by atoms with Crippen LogP contribution in [-0.4, -0.2) is 30.7 Å². The van der Waals surface area contributed by atoms with E-state index in [0.29, 0.717) is 21.1 Å². The van der Waals surface area contributed by atoms with Gasteiger partial charge >= 0.3 is 0 Å². The molecule has 0 aliphatic rings. The first kappa shape index (κ1) is 17.3. The fraction of sp³-hybridized carbons (Fsp3) is 0.455. The molecule has 1 aromatic rings. The van der Waals surface area contributed by atoms with Crippen LogP contribution in [0.25, 0.3) is 0 Å². The van der Waals surface area contributed by atoms with Crippen LogP contribution in [0.5, 0.6) is 0 Å². The quantitative estimate of drug-likeness (QED) is 0.751. The molecule has 1 rings (SSSR count). The van der Waals surface area contributed by atoms with Gasteiger partial charge in [0, 0.05) is 37.8 Å². The van der Waals surface area contributed by atoms with Crippen LogP contribution in [0.3, 0.4) is 0 Å². The summed E-state index contributed by atoms with van der Waals surface area (Å²) < 4.78 is 39.2. The van der Waals surface area contributed by atoms with Crippen molar-refractivity contribution < 1.29 is 12.6 Å². The summed E-state index contributed by atoms with van der Waals surface area (Å²) in [7, 11) is -4.51. The molecule has 4 nitrogen and oxygen atoms in total. The van der Waals surface area contributed by atoms with Gasteiger partial charge in [0.1, 0.15) is 0 Å². The molecule has 2 atom stereocenters. The number of hydrogen-bond donors (Lipinski definition) is 1. The number of benzene rings is 1. The smallest absolute Gasteiger partial charge is 0.241 e. The van der Waals surface area contributed by atoms with Gasteiger partial charge in [-0.1, -0.05) is 15.9 Å². The topological polar surface area (TPSA) is 63.2 Å². The molecule has 0 radical (unpaired) electrons. The Bertz CT molecular complexity index is 575. The second-order valence-corrected chi connectivity index (χ2v) is 9.17. The summed E-state index contributed by atoms with van der Waals surface area (Å²) in [6, 6.07) is 4.70. The summed E-state index contributed by atoms with van der Waals surface area (Å²) in [6.45, 7) is 1.76. The molecule has 108 valence electrons. The Morgan fingerprint density at radius 3 is 2.58 bits per heavy atom. The van der Waals surface area contributed by atoms with Gasteiger partial charge in [0.2, 0.25) is 10.0 Å². The largest absolute Gasteiger partial charge is 0.260 e. The van der Waals surface area contributed by atoms with Gasteiger partial charge in [0.25, 0.3) is 0 Å². The van der Waals surface area contributed by atoms with E-state index in [1.54, 1.807) is 25.3 Å². The van der Waals surface area contributed by atoms with Crippen molar-refractivity contribution in [1.29, 1.82) is 0 Å². The Kier molecular flexibility index (Phi) is 6.65. The van der Waals surface area contributed by atoms with Crippen molar-refractivity contribution in [3.63, 3.8) is 0 Å². The normalized spacial score (nSPS) is 15.2. The van der Waals surface area contributed by atoms with E-state index in [4.69, 9.17) is 0 Å². The molecule has 1 aromatic carbocycles. The summed E-state index contributed by atoms with van der Waals surface area (Å²) in [4.78, 5) is 0.186. The Hall–Kier alpha value is 0.240. The van der Waals surface area contributed by atoms with Crippen molar-refractivity contribution in [3.05, 3.63) is 27.1 Å². The van der Waals surface area contributed by atoms with Gasteiger partial charge in [0.05, 0.1) is 4.90 Å². The van der Waals surface area contributed by atoms with Crippen LogP contribution in [0.4, 0.5) is 0 Å². The first-order chi connectivity index (χ1) is 8.72. The summed E-state index contributed by atoms with van der Waals surface area (Å²) in [5, 5.41) is 0. The van der Waals surface area contributed by atoms with Gasteiger partial charge < -0.3 is 0 Å². The van der Waals surface area contributed by atoms with Gasteiger partial charge in [-0.3, -0.25) is 4.21 Å². The predicted octanol–water partition coefficient (Wildman–Crippen LogP) is 2.65. The SMILES string of the molecule is CC(CCS(C)=O)NS(=O)(=O)c1cc(Br)ccc1Br. The average molecular weight is 433 g/mol. The van der Waals surface area contributed by atoms with Crippen LogP contribution in [0.15, 0.2) is 32.0 Å². The van der Waals surface area contributed by atoms with Crippen LogP contribution in [0, 0.1) is 0 Å². The summed E-state index contributed by atoms with van der Waals surface area (Å²) in [5.74, 6) is 0.476.